The molecular weight excluding hydrogens is 266 g/mol. The Kier molecular flexibility index (Phi) is 4.67. The maximum Gasteiger partial charge on any atom is 0.234 e. The average Bonchev–Trinajstić information content (AvgIpc) is 2.39. The van der Waals surface area contributed by atoms with Gasteiger partial charge in [0.15, 0.2) is 0 Å². The Morgan fingerprint density at radius 2 is 1.72 bits per heavy atom. The van der Waals surface area contributed by atoms with Gasteiger partial charge in [0.05, 0.1) is 5.75 Å². The quantitative estimate of drug-likeness (QED) is 0.854. The smallest absolute Gasteiger partial charge is 0.234 e. The van der Waals surface area contributed by atoms with Gasteiger partial charge >= 0.3 is 0 Å². The molecular formula is C14H12ClNOS. The molecule has 0 unspecified atom stereocenters. The van der Waals surface area contributed by atoms with E-state index >= 15 is 0 Å². The largest absolute Gasteiger partial charge is 0.325 e. The molecule has 2 nitrogen and oxygen atoms in total. The molecule has 2 aromatic rings. The first-order chi connectivity index (χ1) is 8.74. The van der Waals surface area contributed by atoms with Crippen LogP contribution in [0.3, 0.4) is 0 Å². The molecule has 0 bridgehead atoms. The van der Waals surface area contributed by atoms with Crippen molar-refractivity contribution in [3.8, 4) is 0 Å². The third-order valence-electron chi connectivity index (χ3n) is 2.24. The number of anilines is 1. The molecule has 2 rings (SSSR count). The Hall–Kier alpha value is -1.45. The van der Waals surface area contributed by atoms with Gasteiger partial charge in [0.25, 0.3) is 0 Å². The lowest BCUT2D eigenvalue weighted by Gasteiger charge is -2.04. The monoisotopic (exact) mass is 277 g/mol. The van der Waals surface area contributed by atoms with Gasteiger partial charge in [-0.25, -0.2) is 0 Å². The van der Waals surface area contributed by atoms with Gasteiger partial charge in [0.1, 0.15) is 0 Å². The zero-order chi connectivity index (χ0) is 12.8. The number of hydrogen-bond donors (Lipinski definition) is 1. The fourth-order valence-corrected chi connectivity index (χ4v) is 2.22. The van der Waals surface area contributed by atoms with Crippen LogP contribution in [0.5, 0.6) is 0 Å². The SMILES string of the molecule is O=C(CSc1ccc(Cl)cc1)Nc1ccccc1. The summed E-state index contributed by atoms with van der Waals surface area (Å²) >= 11 is 7.28. The topological polar surface area (TPSA) is 29.1 Å². The average molecular weight is 278 g/mol. The van der Waals surface area contributed by atoms with Gasteiger partial charge in [-0.1, -0.05) is 29.8 Å². The minimum Gasteiger partial charge on any atom is -0.325 e. The van der Waals surface area contributed by atoms with E-state index in [0.717, 1.165) is 10.6 Å². The Bertz CT molecular complexity index is 513. The molecule has 0 aliphatic rings. The number of benzene rings is 2. The minimum atomic E-state index is -0.0128. The predicted octanol–water partition coefficient (Wildman–Crippen LogP) is 4.07. The zero-order valence-electron chi connectivity index (χ0n) is 9.60. The second kappa shape index (κ2) is 6.47. The van der Waals surface area contributed by atoms with Crippen LogP contribution in [0.1, 0.15) is 0 Å². The van der Waals surface area contributed by atoms with E-state index < -0.39 is 0 Å². The Balaban J connectivity index is 1.83. The lowest BCUT2D eigenvalue weighted by Crippen LogP contribution is -2.13. The number of para-hydroxylation sites is 1. The molecule has 0 heterocycles. The number of hydrogen-bond acceptors (Lipinski definition) is 2. The maximum atomic E-state index is 11.7. The lowest BCUT2D eigenvalue weighted by molar-refractivity contribution is -0.113. The molecule has 0 atom stereocenters. The van der Waals surface area contributed by atoms with E-state index in [2.05, 4.69) is 5.32 Å². The molecule has 4 heteroatoms. The van der Waals surface area contributed by atoms with Gasteiger partial charge in [-0.3, -0.25) is 4.79 Å². The van der Waals surface area contributed by atoms with Gasteiger partial charge in [0.2, 0.25) is 5.91 Å². The first-order valence-corrected chi connectivity index (χ1v) is 6.84. The lowest BCUT2D eigenvalue weighted by atomic mass is 10.3. The molecule has 92 valence electrons. The normalized spacial score (nSPS) is 10.1. The molecule has 0 spiro atoms. The van der Waals surface area contributed by atoms with Crippen molar-refractivity contribution >= 4 is 35.0 Å². The second-order valence-corrected chi connectivity index (χ2v) is 5.14. The predicted molar refractivity (Wildman–Crippen MR) is 77.2 cm³/mol. The number of halogens is 1. The molecule has 0 saturated carbocycles. The third kappa shape index (κ3) is 4.09. The van der Waals surface area contributed by atoms with Crippen molar-refractivity contribution in [2.75, 3.05) is 11.1 Å². The Morgan fingerprint density at radius 1 is 1.06 bits per heavy atom. The van der Waals surface area contributed by atoms with Gasteiger partial charge in [-0.15, -0.1) is 11.8 Å². The Morgan fingerprint density at radius 3 is 2.39 bits per heavy atom. The van der Waals surface area contributed by atoms with Crippen LogP contribution in [0.4, 0.5) is 5.69 Å². The highest BCUT2D eigenvalue weighted by molar-refractivity contribution is 8.00. The summed E-state index contributed by atoms with van der Waals surface area (Å²) in [4.78, 5) is 12.7. The summed E-state index contributed by atoms with van der Waals surface area (Å²) in [7, 11) is 0. The fraction of sp³-hybridized carbons (Fsp3) is 0.0714. The molecule has 1 N–H and O–H groups in total. The summed E-state index contributed by atoms with van der Waals surface area (Å²) in [6, 6.07) is 16.9. The number of carbonyl (C=O) groups is 1. The van der Waals surface area contributed by atoms with E-state index in [4.69, 9.17) is 11.6 Å². The molecule has 0 aromatic heterocycles. The van der Waals surface area contributed by atoms with Crippen LogP contribution in [0.25, 0.3) is 0 Å². The molecule has 0 aliphatic heterocycles. The molecule has 18 heavy (non-hydrogen) atoms. The van der Waals surface area contributed by atoms with Crippen molar-refractivity contribution in [1.29, 1.82) is 0 Å². The van der Waals surface area contributed by atoms with E-state index in [9.17, 15) is 4.79 Å². The fourth-order valence-electron chi connectivity index (χ4n) is 1.40. The van der Waals surface area contributed by atoms with Crippen molar-refractivity contribution in [1.82, 2.24) is 0 Å². The van der Waals surface area contributed by atoms with Crippen molar-refractivity contribution in [3.63, 3.8) is 0 Å². The first kappa shape index (κ1) is 13.0. The third-order valence-corrected chi connectivity index (χ3v) is 3.51. The van der Waals surface area contributed by atoms with E-state index in [1.165, 1.54) is 11.8 Å². The van der Waals surface area contributed by atoms with Crippen LogP contribution in [-0.4, -0.2) is 11.7 Å². The van der Waals surface area contributed by atoms with E-state index in [1.54, 1.807) is 0 Å². The maximum absolute atomic E-state index is 11.7. The second-order valence-electron chi connectivity index (χ2n) is 3.66. The molecule has 0 aliphatic carbocycles. The number of thioether (sulfide) groups is 1. The van der Waals surface area contributed by atoms with Gasteiger partial charge < -0.3 is 5.32 Å². The van der Waals surface area contributed by atoms with Crippen molar-refractivity contribution in [3.05, 3.63) is 59.6 Å². The highest BCUT2D eigenvalue weighted by Gasteiger charge is 2.03. The zero-order valence-corrected chi connectivity index (χ0v) is 11.2. The molecule has 0 radical (unpaired) electrons. The van der Waals surface area contributed by atoms with Gasteiger partial charge in [-0.2, -0.15) is 0 Å². The van der Waals surface area contributed by atoms with E-state index in [0.29, 0.717) is 10.8 Å². The van der Waals surface area contributed by atoms with Crippen LogP contribution >= 0.6 is 23.4 Å². The number of amides is 1. The number of nitrogens with one attached hydrogen (secondary N) is 1. The molecule has 2 aromatic carbocycles. The van der Waals surface area contributed by atoms with Gasteiger partial charge in [0, 0.05) is 15.6 Å². The van der Waals surface area contributed by atoms with Crippen LogP contribution in [-0.2, 0) is 4.79 Å². The Labute approximate surface area is 115 Å². The molecule has 1 amide bonds. The van der Waals surface area contributed by atoms with Crippen LogP contribution < -0.4 is 5.32 Å². The summed E-state index contributed by atoms with van der Waals surface area (Å²) in [6.07, 6.45) is 0. The summed E-state index contributed by atoms with van der Waals surface area (Å²) in [5.41, 5.74) is 0.819. The minimum absolute atomic E-state index is 0.0128. The van der Waals surface area contributed by atoms with Gasteiger partial charge in [-0.05, 0) is 36.4 Å². The van der Waals surface area contributed by atoms with E-state index in [1.807, 2.05) is 54.6 Å². The number of rotatable bonds is 4. The van der Waals surface area contributed by atoms with Crippen LogP contribution in [0.15, 0.2) is 59.5 Å². The van der Waals surface area contributed by atoms with Crippen molar-refractivity contribution in [2.45, 2.75) is 4.90 Å². The van der Waals surface area contributed by atoms with Crippen molar-refractivity contribution < 1.29 is 4.79 Å². The van der Waals surface area contributed by atoms with Crippen LogP contribution in [0, 0.1) is 0 Å². The first-order valence-electron chi connectivity index (χ1n) is 5.47. The van der Waals surface area contributed by atoms with Crippen molar-refractivity contribution in [2.24, 2.45) is 0 Å². The summed E-state index contributed by atoms with van der Waals surface area (Å²) in [6.45, 7) is 0. The molecule has 0 fully saturated rings. The standard InChI is InChI=1S/C14H12ClNOS/c15-11-6-8-13(9-7-11)18-10-14(17)16-12-4-2-1-3-5-12/h1-9H,10H2,(H,16,17). The summed E-state index contributed by atoms with van der Waals surface area (Å²) in [5.74, 6) is 0.373. The highest BCUT2D eigenvalue weighted by atomic mass is 35.5. The highest BCUT2D eigenvalue weighted by Crippen LogP contribution is 2.20. The number of carbonyl (C=O) groups excluding carboxylic acids is 1. The van der Waals surface area contributed by atoms with Crippen LogP contribution in [0.2, 0.25) is 5.02 Å². The summed E-state index contributed by atoms with van der Waals surface area (Å²) in [5, 5.41) is 3.54. The molecule has 0 saturated heterocycles. The van der Waals surface area contributed by atoms with E-state index in [-0.39, 0.29) is 5.91 Å². The summed E-state index contributed by atoms with van der Waals surface area (Å²) < 4.78 is 0.